The van der Waals surface area contributed by atoms with Crippen LogP contribution in [0.5, 0.6) is 0 Å². The van der Waals surface area contributed by atoms with E-state index >= 15 is 0 Å². The lowest BCUT2D eigenvalue weighted by molar-refractivity contribution is 1.19. The van der Waals surface area contributed by atoms with Crippen molar-refractivity contribution in [2.24, 2.45) is 0 Å². The third kappa shape index (κ3) is 3.42. The highest BCUT2D eigenvalue weighted by molar-refractivity contribution is 9.10. The van der Waals surface area contributed by atoms with Gasteiger partial charge in [0.15, 0.2) is 0 Å². The fourth-order valence-electron chi connectivity index (χ4n) is 1.49. The van der Waals surface area contributed by atoms with Gasteiger partial charge in [0, 0.05) is 25.2 Å². The Morgan fingerprint density at radius 3 is 2.28 bits per heavy atom. The maximum absolute atomic E-state index is 6.15. The van der Waals surface area contributed by atoms with Crippen LogP contribution in [0.2, 0.25) is 10.0 Å². The molecule has 1 N–H and O–H groups in total. The third-order valence-electron chi connectivity index (χ3n) is 2.35. The number of rotatable bonds is 3. The Bertz CT molecular complexity index is 541. The second-order valence-corrected chi connectivity index (χ2v) is 7.64. The first-order valence-electron chi connectivity index (χ1n) is 5.10. The van der Waals surface area contributed by atoms with E-state index in [1.54, 1.807) is 11.3 Å². The molecule has 6 heteroatoms. The van der Waals surface area contributed by atoms with Crippen LogP contribution in [0.4, 0.5) is 5.69 Å². The van der Waals surface area contributed by atoms with Crippen LogP contribution >= 0.6 is 66.4 Å². The average Bonchev–Trinajstić information content (AvgIpc) is 2.56. The van der Waals surface area contributed by atoms with Crippen molar-refractivity contribution >= 4 is 72.1 Å². The summed E-state index contributed by atoms with van der Waals surface area (Å²) in [4.78, 5) is 2.49. The van der Waals surface area contributed by atoms with E-state index in [2.05, 4.69) is 50.2 Å². The molecule has 0 aliphatic heterocycles. The third-order valence-corrected chi connectivity index (χ3v) is 5.55. The zero-order valence-corrected chi connectivity index (χ0v) is 14.9. The molecular formula is C12H9Br2Cl2NS. The normalized spacial score (nSPS) is 10.7. The van der Waals surface area contributed by atoms with E-state index in [-0.39, 0.29) is 0 Å². The second kappa shape index (κ2) is 6.14. The molecule has 0 bridgehead atoms. The van der Waals surface area contributed by atoms with Gasteiger partial charge in [-0.15, -0.1) is 11.3 Å². The zero-order chi connectivity index (χ0) is 13.3. The van der Waals surface area contributed by atoms with Crippen molar-refractivity contribution < 1.29 is 0 Å². The number of nitrogens with one attached hydrogen (secondary N) is 1. The number of aryl methyl sites for hydroxylation is 1. The Hall–Kier alpha value is 0.260. The summed E-state index contributed by atoms with van der Waals surface area (Å²) in [5, 5.41) is 4.50. The molecule has 0 atom stereocenters. The van der Waals surface area contributed by atoms with E-state index in [0.29, 0.717) is 16.6 Å². The largest absolute Gasteiger partial charge is 0.378 e. The molecule has 0 aliphatic rings. The first-order chi connectivity index (χ1) is 8.47. The van der Waals surface area contributed by atoms with Crippen LogP contribution in [-0.4, -0.2) is 0 Å². The lowest BCUT2D eigenvalue weighted by Crippen LogP contribution is -1.98. The fourth-order valence-corrected chi connectivity index (χ4v) is 4.38. The minimum atomic E-state index is 0.613. The van der Waals surface area contributed by atoms with Gasteiger partial charge in [-0.25, -0.2) is 0 Å². The molecule has 18 heavy (non-hydrogen) atoms. The topological polar surface area (TPSA) is 12.0 Å². The smallest absolute Gasteiger partial charge is 0.0722 e. The molecule has 2 rings (SSSR count). The summed E-state index contributed by atoms with van der Waals surface area (Å²) >= 11 is 20.9. The summed E-state index contributed by atoms with van der Waals surface area (Å²) in [5.74, 6) is 0. The van der Waals surface area contributed by atoms with E-state index in [1.165, 1.54) is 9.75 Å². The van der Waals surface area contributed by atoms with Crippen molar-refractivity contribution in [1.29, 1.82) is 0 Å². The summed E-state index contributed by atoms with van der Waals surface area (Å²) in [5.41, 5.74) is 0.767. The molecule has 96 valence electrons. The Morgan fingerprint density at radius 1 is 1.17 bits per heavy atom. The molecule has 0 unspecified atom stereocenters. The summed E-state index contributed by atoms with van der Waals surface area (Å²) < 4.78 is 2.01. The van der Waals surface area contributed by atoms with Gasteiger partial charge in [-0.3, -0.25) is 0 Å². The van der Waals surface area contributed by atoms with Gasteiger partial charge in [-0.05, 0) is 41.1 Å². The van der Waals surface area contributed by atoms with Gasteiger partial charge in [0.2, 0.25) is 0 Å². The molecule has 0 fully saturated rings. The van der Waals surface area contributed by atoms with E-state index in [0.717, 1.165) is 14.6 Å². The summed E-state index contributed by atoms with van der Waals surface area (Å²) in [6.45, 7) is 2.79. The zero-order valence-electron chi connectivity index (χ0n) is 9.36. The van der Waals surface area contributed by atoms with E-state index < -0.39 is 0 Å². The average molecular weight is 430 g/mol. The molecule has 2 aromatic rings. The van der Waals surface area contributed by atoms with Crippen LogP contribution in [0.1, 0.15) is 9.75 Å². The first-order valence-corrected chi connectivity index (χ1v) is 8.26. The molecule has 1 nitrogen and oxygen atoms in total. The van der Waals surface area contributed by atoms with Gasteiger partial charge in [-0.2, -0.15) is 0 Å². The molecular weight excluding hydrogens is 421 g/mol. The van der Waals surface area contributed by atoms with Gasteiger partial charge >= 0.3 is 0 Å². The lowest BCUT2D eigenvalue weighted by Gasteiger charge is -2.10. The Morgan fingerprint density at radius 2 is 1.78 bits per heavy atom. The molecule has 0 saturated carbocycles. The highest BCUT2D eigenvalue weighted by atomic mass is 79.9. The Labute approximate surface area is 137 Å². The van der Waals surface area contributed by atoms with Crippen LogP contribution < -0.4 is 5.32 Å². The number of halogens is 4. The van der Waals surface area contributed by atoms with Crippen molar-refractivity contribution in [3.63, 3.8) is 0 Å². The minimum absolute atomic E-state index is 0.613. The van der Waals surface area contributed by atoms with Crippen molar-refractivity contribution in [3.8, 4) is 0 Å². The van der Waals surface area contributed by atoms with Crippen LogP contribution in [-0.2, 0) is 6.54 Å². The Kier molecular flexibility index (Phi) is 5.00. The molecule has 0 aliphatic carbocycles. The first kappa shape index (κ1) is 14.7. The summed E-state index contributed by atoms with van der Waals surface area (Å²) in [6.07, 6.45) is 0. The maximum atomic E-state index is 6.15. The van der Waals surface area contributed by atoms with Crippen molar-refractivity contribution in [2.75, 3.05) is 5.32 Å². The molecule has 0 amide bonds. The molecule has 0 saturated heterocycles. The second-order valence-electron chi connectivity index (χ2n) is 3.71. The molecule has 1 aromatic heterocycles. The number of thiophene rings is 1. The predicted octanol–water partition coefficient (Wildman–Crippen LogP) is 6.50. The molecule has 1 aromatic carbocycles. The molecule has 1 heterocycles. The van der Waals surface area contributed by atoms with Crippen molar-refractivity contribution in [2.45, 2.75) is 13.5 Å². The lowest BCUT2D eigenvalue weighted by atomic mass is 10.3. The van der Waals surface area contributed by atoms with Crippen LogP contribution in [0, 0.1) is 6.92 Å². The molecule has 0 radical (unpaired) electrons. The van der Waals surface area contributed by atoms with E-state index in [1.807, 2.05) is 12.1 Å². The van der Waals surface area contributed by atoms with Crippen LogP contribution in [0.3, 0.4) is 0 Å². The van der Waals surface area contributed by atoms with Crippen LogP contribution in [0.25, 0.3) is 0 Å². The van der Waals surface area contributed by atoms with Gasteiger partial charge in [0.25, 0.3) is 0 Å². The number of benzene rings is 1. The van der Waals surface area contributed by atoms with E-state index in [9.17, 15) is 0 Å². The van der Waals surface area contributed by atoms with Gasteiger partial charge in [0.05, 0.1) is 15.7 Å². The van der Waals surface area contributed by atoms with Gasteiger partial charge in [0.1, 0.15) is 0 Å². The highest BCUT2D eigenvalue weighted by Crippen LogP contribution is 2.35. The van der Waals surface area contributed by atoms with Crippen molar-refractivity contribution in [1.82, 2.24) is 0 Å². The standard InChI is InChI=1S/C12H9Br2Cl2NS/c1-6-9(14)4-8(18-6)5-17-12-10(15)2-7(13)3-11(12)16/h2-4,17H,5H2,1H3. The molecule has 0 spiro atoms. The van der Waals surface area contributed by atoms with Crippen LogP contribution in [0.15, 0.2) is 27.1 Å². The monoisotopic (exact) mass is 427 g/mol. The fraction of sp³-hybridized carbons (Fsp3) is 0.167. The minimum Gasteiger partial charge on any atom is -0.378 e. The quantitative estimate of drug-likeness (QED) is 0.587. The van der Waals surface area contributed by atoms with Gasteiger partial charge in [-0.1, -0.05) is 39.1 Å². The predicted molar refractivity (Wildman–Crippen MR) is 88.2 cm³/mol. The van der Waals surface area contributed by atoms with Gasteiger partial charge < -0.3 is 5.32 Å². The SMILES string of the molecule is Cc1sc(CNc2c(Cl)cc(Br)cc2Cl)cc1Br. The number of hydrogen-bond donors (Lipinski definition) is 1. The van der Waals surface area contributed by atoms with Crippen molar-refractivity contribution in [3.05, 3.63) is 46.9 Å². The van der Waals surface area contributed by atoms with E-state index in [4.69, 9.17) is 23.2 Å². The number of hydrogen-bond acceptors (Lipinski definition) is 2. The highest BCUT2D eigenvalue weighted by Gasteiger charge is 2.08. The maximum Gasteiger partial charge on any atom is 0.0722 e. The summed E-state index contributed by atoms with van der Waals surface area (Å²) in [7, 11) is 0. The Balaban J connectivity index is 2.15. The number of anilines is 1. The summed E-state index contributed by atoms with van der Waals surface area (Å²) in [6, 6.07) is 5.75.